The molecule has 0 aliphatic heterocycles. The van der Waals surface area contributed by atoms with Gasteiger partial charge in [-0.05, 0) is 12.3 Å². The first-order chi connectivity index (χ1) is 10.9. The van der Waals surface area contributed by atoms with E-state index in [2.05, 4.69) is 23.8 Å². The number of unbranched alkanes of at least 4 members (excludes halogenated alkanes) is 9. The summed E-state index contributed by atoms with van der Waals surface area (Å²) in [5.74, 6) is 0.855. The first-order valence-electron chi connectivity index (χ1n) is 9.84. The molecule has 0 aliphatic rings. The van der Waals surface area contributed by atoms with Gasteiger partial charge in [0.25, 0.3) is 0 Å². The smallest absolute Gasteiger partial charge is 0.0921 e. The summed E-state index contributed by atoms with van der Waals surface area (Å²) in [5, 5.41) is 0. The van der Waals surface area contributed by atoms with Crippen molar-refractivity contribution in [1.82, 2.24) is 9.97 Å². The van der Waals surface area contributed by atoms with Crippen LogP contribution in [0.25, 0.3) is 0 Å². The van der Waals surface area contributed by atoms with E-state index in [1.54, 1.807) is 0 Å². The molecule has 0 fully saturated rings. The normalized spacial score (nSPS) is 12.6. The quantitative estimate of drug-likeness (QED) is 0.360. The Labute approximate surface area is 138 Å². The van der Waals surface area contributed by atoms with Gasteiger partial charge >= 0.3 is 0 Å². The first kappa shape index (κ1) is 19.3. The average molecular weight is 307 g/mol. The third-order valence-corrected chi connectivity index (χ3v) is 4.75. The van der Waals surface area contributed by atoms with Crippen molar-refractivity contribution in [3.8, 4) is 0 Å². The number of nitrogens with zero attached hydrogens (tertiary/aromatic N) is 1. The number of aromatic amines is 1. The van der Waals surface area contributed by atoms with Crippen molar-refractivity contribution in [3.05, 3.63) is 18.2 Å². The third-order valence-electron chi connectivity index (χ3n) is 4.75. The van der Waals surface area contributed by atoms with Gasteiger partial charge in [-0.25, -0.2) is 4.98 Å². The van der Waals surface area contributed by atoms with Gasteiger partial charge in [0.2, 0.25) is 0 Å². The molecule has 128 valence electrons. The molecule has 0 saturated heterocycles. The van der Waals surface area contributed by atoms with Crippen molar-refractivity contribution in [1.29, 1.82) is 0 Å². The van der Waals surface area contributed by atoms with Gasteiger partial charge in [-0.1, -0.05) is 97.3 Å². The van der Waals surface area contributed by atoms with Crippen molar-refractivity contribution in [2.45, 2.75) is 104 Å². The minimum absolute atomic E-state index is 0.855. The Bertz CT molecular complexity index is 318. The van der Waals surface area contributed by atoms with Gasteiger partial charge in [0, 0.05) is 11.9 Å². The van der Waals surface area contributed by atoms with Crippen LogP contribution in [-0.2, 0) is 6.42 Å². The van der Waals surface area contributed by atoms with Crippen molar-refractivity contribution in [3.63, 3.8) is 0 Å². The van der Waals surface area contributed by atoms with E-state index in [1.807, 2.05) is 12.5 Å². The summed E-state index contributed by atoms with van der Waals surface area (Å²) in [7, 11) is 0. The molecule has 0 unspecified atom stereocenters. The molecule has 0 saturated carbocycles. The molecule has 2 nitrogen and oxygen atoms in total. The topological polar surface area (TPSA) is 28.7 Å². The molecule has 1 N–H and O–H groups in total. The maximum Gasteiger partial charge on any atom is 0.0921 e. The summed E-state index contributed by atoms with van der Waals surface area (Å²) in [5.41, 5.74) is 1.32. The molecule has 1 aromatic heterocycles. The van der Waals surface area contributed by atoms with Crippen molar-refractivity contribution < 1.29 is 0 Å². The highest BCUT2D eigenvalue weighted by molar-refractivity contribution is 4.95. The van der Waals surface area contributed by atoms with E-state index in [-0.39, 0.29) is 0 Å². The Morgan fingerprint density at radius 1 is 0.818 bits per heavy atom. The van der Waals surface area contributed by atoms with Gasteiger partial charge in [-0.15, -0.1) is 0 Å². The lowest BCUT2D eigenvalue weighted by Crippen LogP contribution is -2.05. The fraction of sp³-hybridized carbons (Fsp3) is 0.850. The Morgan fingerprint density at radius 2 is 1.36 bits per heavy atom. The zero-order valence-electron chi connectivity index (χ0n) is 15.1. The predicted octanol–water partition coefficient (Wildman–Crippen LogP) is 6.68. The lowest BCUT2D eigenvalue weighted by molar-refractivity contribution is 0.399. The lowest BCUT2D eigenvalue weighted by Gasteiger charge is -2.16. The molecular formula is C20H38N2. The van der Waals surface area contributed by atoms with Gasteiger partial charge in [0.1, 0.15) is 0 Å². The Hall–Kier alpha value is -0.790. The number of nitrogens with one attached hydrogen (secondary N) is 1. The molecule has 1 rings (SSSR count). The zero-order chi connectivity index (χ0) is 15.9. The van der Waals surface area contributed by atoms with E-state index >= 15 is 0 Å². The lowest BCUT2D eigenvalue weighted by atomic mass is 9.90. The number of hydrogen-bond donors (Lipinski definition) is 1. The first-order valence-corrected chi connectivity index (χ1v) is 9.84. The van der Waals surface area contributed by atoms with Crippen molar-refractivity contribution in [2.24, 2.45) is 5.92 Å². The summed E-state index contributed by atoms with van der Waals surface area (Å²) >= 11 is 0. The minimum Gasteiger partial charge on any atom is -0.348 e. The Kier molecular flexibility index (Phi) is 12.1. The van der Waals surface area contributed by atoms with Crippen LogP contribution in [0.3, 0.4) is 0 Å². The summed E-state index contributed by atoms with van der Waals surface area (Å²) in [6.45, 7) is 4.58. The summed E-state index contributed by atoms with van der Waals surface area (Å²) in [6.07, 6.45) is 23.3. The standard InChI is InChI=1S/C20H38N2/c1-3-5-7-9-11-13-15-19(14-12-10-8-6-4-2)16-20-17-21-18-22-20/h17-19H,3-16H2,1-2H3,(H,21,22)/t19-/m0/s1. The second-order valence-corrected chi connectivity index (χ2v) is 6.91. The molecule has 1 aromatic rings. The predicted molar refractivity (Wildman–Crippen MR) is 97.2 cm³/mol. The summed E-state index contributed by atoms with van der Waals surface area (Å²) in [6, 6.07) is 0. The highest BCUT2D eigenvalue weighted by Crippen LogP contribution is 2.22. The Morgan fingerprint density at radius 3 is 1.86 bits per heavy atom. The van der Waals surface area contributed by atoms with Crippen LogP contribution in [-0.4, -0.2) is 9.97 Å². The molecule has 22 heavy (non-hydrogen) atoms. The molecule has 0 aliphatic carbocycles. The van der Waals surface area contributed by atoms with Gasteiger partial charge in [0.05, 0.1) is 6.33 Å². The van der Waals surface area contributed by atoms with Crippen LogP contribution in [0.5, 0.6) is 0 Å². The molecule has 2 heteroatoms. The van der Waals surface area contributed by atoms with E-state index in [0.717, 1.165) is 5.92 Å². The molecule has 0 radical (unpaired) electrons. The third kappa shape index (κ3) is 10.0. The van der Waals surface area contributed by atoms with Crippen LogP contribution in [0.15, 0.2) is 12.5 Å². The highest BCUT2D eigenvalue weighted by atomic mass is 14.9. The average Bonchev–Trinajstić information content (AvgIpc) is 3.03. The number of H-pyrrole nitrogens is 1. The molecule has 0 spiro atoms. The zero-order valence-corrected chi connectivity index (χ0v) is 15.1. The van der Waals surface area contributed by atoms with E-state index < -0.39 is 0 Å². The second kappa shape index (κ2) is 13.8. The van der Waals surface area contributed by atoms with E-state index in [0.29, 0.717) is 0 Å². The molecule has 0 aromatic carbocycles. The van der Waals surface area contributed by atoms with E-state index in [9.17, 15) is 0 Å². The van der Waals surface area contributed by atoms with Gasteiger partial charge < -0.3 is 4.98 Å². The highest BCUT2D eigenvalue weighted by Gasteiger charge is 2.10. The van der Waals surface area contributed by atoms with Crippen LogP contribution in [0.1, 0.15) is 103 Å². The molecule has 0 amide bonds. The Balaban J connectivity index is 2.19. The molecular weight excluding hydrogens is 268 g/mol. The number of imidazole rings is 1. The van der Waals surface area contributed by atoms with E-state index in [4.69, 9.17) is 0 Å². The van der Waals surface area contributed by atoms with Crippen molar-refractivity contribution >= 4 is 0 Å². The maximum atomic E-state index is 4.17. The van der Waals surface area contributed by atoms with E-state index in [1.165, 1.54) is 95.6 Å². The fourth-order valence-corrected chi connectivity index (χ4v) is 3.31. The largest absolute Gasteiger partial charge is 0.348 e. The summed E-state index contributed by atoms with van der Waals surface area (Å²) < 4.78 is 0. The number of aromatic nitrogens is 2. The summed E-state index contributed by atoms with van der Waals surface area (Å²) in [4.78, 5) is 7.46. The molecule has 1 heterocycles. The minimum atomic E-state index is 0.855. The van der Waals surface area contributed by atoms with Crippen LogP contribution < -0.4 is 0 Å². The van der Waals surface area contributed by atoms with Crippen molar-refractivity contribution in [2.75, 3.05) is 0 Å². The molecule has 1 atom stereocenters. The van der Waals surface area contributed by atoms with Gasteiger partial charge in [-0.2, -0.15) is 0 Å². The number of hydrogen-bond acceptors (Lipinski definition) is 1. The van der Waals surface area contributed by atoms with Gasteiger partial charge in [0.15, 0.2) is 0 Å². The fourth-order valence-electron chi connectivity index (χ4n) is 3.31. The second-order valence-electron chi connectivity index (χ2n) is 6.91. The van der Waals surface area contributed by atoms with Crippen LogP contribution in [0, 0.1) is 5.92 Å². The van der Waals surface area contributed by atoms with Gasteiger partial charge in [-0.3, -0.25) is 0 Å². The maximum absolute atomic E-state index is 4.17. The van der Waals surface area contributed by atoms with Crippen LogP contribution in [0.4, 0.5) is 0 Å². The SMILES string of the molecule is CCCCCCCC[C@H](CCCCCCC)Cc1cnc[nH]1. The monoisotopic (exact) mass is 306 g/mol. The molecule has 0 bridgehead atoms. The number of rotatable bonds is 15. The van der Waals surface area contributed by atoms with Crippen LogP contribution in [0.2, 0.25) is 0 Å². The van der Waals surface area contributed by atoms with Crippen LogP contribution >= 0.6 is 0 Å².